The van der Waals surface area contributed by atoms with Gasteiger partial charge in [-0.25, -0.2) is 4.79 Å². The maximum Gasteiger partial charge on any atom is 0.330 e. The van der Waals surface area contributed by atoms with Crippen molar-refractivity contribution < 1.29 is 9.53 Å². The number of nitrogens with zero attached hydrogens (tertiary/aromatic N) is 1. The number of rotatable bonds is 6. The number of ether oxygens (including phenoxy) is 1. The van der Waals surface area contributed by atoms with Gasteiger partial charge in [0.15, 0.2) is 0 Å². The molecule has 0 N–H and O–H groups in total. The maximum absolute atomic E-state index is 11.5. The smallest absolute Gasteiger partial charge is 0.330 e. The number of esters is 1. The topological polar surface area (TPSA) is 39.2 Å². The van der Waals surface area contributed by atoms with Crippen LogP contribution >= 0.6 is 27.3 Å². The van der Waals surface area contributed by atoms with E-state index in [4.69, 9.17) is 4.74 Å². The van der Waals surface area contributed by atoms with Crippen molar-refractivity contribution in [1.29, 1.82) is 0 Å². The Morgan fingerprint density at radius 1 is 1.30 bits per heavy atom. The summed E-state index contributed by atoms with van der Waals surface area (Å²) in [5.74, 6) is -0.302. The van der Waals surface area contributed by atoms with Crippen LogP contribution in [0.15, 0.2) is 46.5 Å². The molecule has 0 spiro atoms. The molecule has 2 aromatic rings. The minimum absolute atomic E-state index is 0.302. The third kappa shape index (κ3) is 5.27. The molecule has 2 heterocycles. The fourth-order valence-electron chi connectivity index (χ4n) is 1.61. The molecule has 0 unspecified atom stereocenters. The molecule has 3 nitrogen and oxygen atoms in total. The highest BCUT2D eigenvalue weighted by molar-refractivity contribution is 9.11. The van der Waals surface area contributed by atoms with Gasteiger partial charge in [0.2, 0.25) is 0 Å². The maximum atomic E-state index is 11.5. The Morgan fingerprint density at radius 3 is 2.80 bits per heavy atom. The number of aromatic nitrogens is 1. The number of aryl methyl sites for hydroxylation is 1. The second-order valence-corrected chi connectivity index (χ2v) is 6.60. The van der Waals surface area contributed by atoms with Crippen LogP contribution < -0.4 is 0 Å². The normalized spacial score (nSPS) is 10.8. The summed E-state index contributed by atoms with van der Waals surface area (Å²) < 4.78 is 6.19. The Balaban J connectivity index is 1.66. The van der Waals surface area contributed by atoms with E-state index < -0.39 is 0 Å². The second-order valence-electron chi connectivity index (χ2n) is 4.10. The van der Waals surface area contributed by atoms with Crippen LogP contribution in [-0.2, 0) is 16.0 Å². The fourth-order valence-corrected chi connectivity index (χ4v) is 2.94. The fraction of sp³-hybridized carbons (Fsp3) is 0.200. The lowest BCUT2D eigenvalue weighted by atomic mass is 10.1. The summed E-state index contributed by atoms with van der Waals surface area (Å²) in [6, 6.07) is 7.83. The van der Waals surface area contributed by atoms with Gasteiger partial charge in [-0.05, 0) is 64.7 Å². The van der Waals surface area contributed by atoms with E-state index in [9.17, 15) is 4.79 Å². The number of carbonyl (C=O) groups excluding carboxylic acids is 1. The summed E-state index contributed by atoms with van der Waals surface area (Å²) in [6.45, 7) is 0.430. The van der Waals surface area contributed by atoms with Gasteiger partial charge in [0.05, 0.1) is 10.4 Å². The van der Waals surface area contributed by atoms with Crippen molar-refractivity contribution in [3.8, 4) is 0 Å². The number of pyridine rings is 1. The Labute approximate surface area is 130 Å². The molecule has 0 aromatic carbocycles. The van der Waals surface area contributed by atoms with Crippen LogP contribution in [0.25, 0.3) is 6.08 Å². The minimum Gasteiger partial charge on any atom is -0.463 e. The summed E-state index contributed by atoms with van der Waals surface area (Å²) in [7, 11) is 0. The molecule has 0 aliphatic rings. The number of carbonyl (C=O) groups is 1. The first kappa shape index (κ1) is 14.9. The molecule has 20 heavy (non-hydrogen) atoms. The van der Waals surface area contributed by atoms with Gasteiger partial charge in [0, 0.05) is 23.3 Å². The largest absolute Gasteiger partial charge is 0.463 e. The van der Waals surface area contributed by atoms with E-state index in [0.717, 1.165) is 21.5 Å². The van der Waals surface area contributed by atoms with E-state index in [1.165, 1.54) is 11.6 Å². The summed E-state index contributed by atoms with van der Waals surface area (Å²) in [5, 5.41) is 0. The zero-order valence-corrected chi connectivity index (χ0v) is 13.2. The van der Waals surface area contributed by atoms with Gasteiger partial charge in [-0.15, -0.1) is 11.3 Å². The van der Waals surface area contributed by atoms with Crippen LogP contribution in [0, 0.1) is 0 Å². The SMILES string of the molecule is O=C(C=Cc1ccc(Br)s1)OCCCc1ccncc1. The molecule has 2 aromatic heterocycles. The molecule has 0 radical (unpaired) electrons. The van der Waals surface area contributed by atoms with Gasteiger partial charge in [-0.2, -0.15) is 0 Å². The molecule has 0 saturated heterocycles. The lowest BCUT2D eigenvalue weighted by Crippen LogP contribution is -2.03. The van der Waals surface area contributed by atoms with Gasteiger partial charge in [-0.3, -0.25) is 4.98 Å². The quantitative estimate of drug-likeness (QED) is 0.446. The van der Waals surface area contributed by atoms with Crippen LogP contribution in [0.1, 0.15) is 16.9 Å². The van der Waals surface area contributed by atoms with Crippen molar-refractivity contribution in [3.05, 3.63) is 57.0 Å². The van der Waals surface area contributed by atoms with Gasteiger partial charge in [0.1, 0.15) is 0 Å². The molecule has 0 atom stereocenters. The van der Waals surface area contributed by atoms with Crippen molar-refractivity contribution in [3.63, 3.8) is 0 Å². The molecule has 0 aliphatic heterocycles. The molecular formula is C15H14BrNO2S. The number of hydrogen-bond donors (Lipinski definition) is 0. The van der Waals surface area contributed by atoms with Gasteiger partial charge < -0.3 is 4.74 Å². The molecule has 0 amide bonds. The molecule has 2 rings (SSSR count). The van der Waals surface area contributed by atoms with Crippen LogP contribution in [0.2, 0.25) is 0 Å². The van der Waals surface area contributed by atoms with E-state index in [2.05, 4.69) is 20.9 Å². The molecular weight excluding hydrogens is 338 g/mol. The highest BCUT2D eigenvalue weighted by atomic mass is 79.9. The van der Waals surface area contributed by atoms with E-state index >= 15 is 0 Å². The van der Waals surface area contributed by atoms with Crippen molar-refractivity contribution in [1.82, 2.24) is 4.98 Å². The average Bonchev–Trinajstić information content (AvgIpc) is 2.88. The first-order valence-corrected chi connectivity index (χ1v) is 7.84. The van der Waals surface area contributed by atoms with Gasteiger partial charge >= 0.3 is 5.97 Å². The predicted molar refractivity (Wildman–Crippen MR) is 84.6 cm³/mol. The van der Waals surface area contributed by atoms with Crippen molar-refractivity contribution in [2.45, 2.75) is 12.8 Å². The third-order valence-electron chi connectivity index (χ3n) is 2.58. The van der Waals surface area contributed by atoms with E-state index in [-0.39, 0.29) is 5.97 Å². The van der Waals surface area contributed by atoms with Crippen LogP contribution in [0.3, 0.4) is 0 Å². The number of thiophene rings is 1. The molecule has 104 valence electrons. The standard InChI is InChI=1S/C15H14BrNO2S/c16-14-5-3-13(20-14)4-6-15(18)19-11-1-2-12-7-9-17-10-8-12/h3-10H,1-2,11H2. The Morgan fingerprint density at radius 2 is 2.10 bits per heavy atom. The number of halogens is 1. The van der Waals surface area contributed by atoms with E-state index in [1.54, 1.807) is 29.8 Å². The lowest BCUT2D eigenvalue weighted by molar-refractivity contribution is -0.137. The van der Waals surface area contributed by atoms with E-state index in [0.29, 0.717) is 6.61 Å². The minimum atomic E-state index is -0.302. The van der Waals surface area contributed by atoms with Crippen LogP contribution in [0.4, 0.5) is 0 Å². The summed E-state index contributed by atoms with van der Waals surface area (Å²) in [4.78, 5) is 16.5. The van der Waals surface area contributed by atoms with Crippen molar-refractivity contribution in [2.24, 2.45) is 0 Å². The van der Waals surface area contributed by atoms with Crippen LogP contribution in [0.5, 0.6) is 0 Å². The second kappa shape index (κ2) is 7.97. The highest BCUT2D eigenvalue weighted by Gasteiger charge is 1.99. The highest BCUT2D eigenvalue weighted by Crippen LogP contribution is 2.22. The zero-order valence-electron chi connectivity index (χ0n) is 10.8. The van der Waals surface area contributed by atoms with Gasteiger partial charge in [-0.1, -0.05) is 0 Å². The molecule has 0 saturated carbocycles. The Bertz CT molecular complexity index is 581. The molecule has 0 bridgehead atoms. The van der Waals surface area contributed by atoms with E-state index in [1.807, 2.05) is 24.3 Å². The Kier molecular flexibility index (Phi) is 5.95. The molecule has 0 fully saturated rings. The summed E-state index contributed by atoms with van der Waals surface area (Å²) in [6.07, 6.45) is 8.46. The predicted octanol–water partition coefficient (Wildman–Crippen LogP) is 4.09. The zero-order chi connectivity index (χ0) is 14.2. The third-order valence-corrected chi connectivity index (χ3v) is 4.17. The van der Waals surface area contributed by atoms with Gasteiger partial charge in [0.25, 0.3) is 0 Å². The Hall–Kier alpha value is -1.46. The van der Waals surface area contributed by atoms with Crippen molar-refractivity contribution in [2.75, 3.05) is 6.61 Å². The first-order valence-electron chi connectivity index (χ1n) is 6.23. The monoisotopic (exact) mass is 351 g/mol. The molecule has 0 aliphatic carbocycles. The summed E-state index contributed by atoms with van der Waals surface area (Å²) in [5.41, 5.74) is 1.20. The number of hydrogen-bond acceptors (Lipinski definition) is 4. The lowest BCUT2D eigenvalue weighted by Gasteiger charge is -2.02. The van der Waals surface area contributed by atoms with Crippen molar-refractivity contribution >= 4 is 39.3 Å². The first-order chi connectivity index (χ1) is 9.74. The molecule has 5 heteroatoms. The average molecular weight is 352 g/mol. The van der Waals surface area contributed by atoms with Crippen LogP contribution in [-0.4, -0.2) is 17.6 Å². The summed E-state index contributed by atoms with van der Waals surface area (Å²) >= 11 is 4.95.